The summed E-state index contributed by atoms with van der Waals surface area (Å²) in [6.07, 6.45) is 0. The van der Waals surface area contributed by atoms with Crippen LogP contribution in [-0.2, 0) is 0 Å². The molecular formula is C20H21N3O. The first-order valence-electron chi connectivity index (χ1n) is 8.41. The van der Waals surface area contributed by atoms with Crippen LogP contribution in [0.3, 0.4) is 0 Å². The van der Waals surface area contributed by atoms with Gasteiger partial charge in [0.25, 0.3) is 5.56 Å². The minimum Gasteiger partial charge on any atom is -0.369 e. The molecule has 24 heavy (non-hydrogen) atoms. The van der Waals surface area contributed by atoms with E-state index in [1.807, 2.05) is 25.1 Å². The maximum absolute atomic E-state index is 12.4. The Morgan fingerprint density at radius 3 is 2.46 bits per heavy atom. The van der Waals surface area contributed by atoms with Crippen LogP contribution in [0, 0.1) is 6.92 Å². The Labute approximate surface area is 141 Å². The molecule has 2 aromatic carbocycles. The molecule has 0 unspecified atom stereocenters. The number of H-pyrrole nitrogens is 1. The van der Waals surface area contributed by atoms with Crippen molar-refractivity contribution in [1.82, 2.24) is 10.3 Å². The molecule has 1 saturated heterocycles. The molecule has 1 aromatic heterocycles. The van der Waals surface area contributed by atoms with Gasteiger partial charge in [0.2, 0.25) is 0 Å². The number of hydrogen-bond donors (Lipinski definition) is 2. The van der Waals surface area contributed by atoms with Crippen molar-refractivity contribution >= 4 is 16.5 Å². The SMILES string of the molecule is Cc1cccc2c(=O)[nH]c(-c3ccc(N4CCNCC4)cc3)cc12. The van der Waals surface area contributed by atoms with E-state index in [0.29, 0.717) is 0 Å². The first-order chi connectivity index (χ1) is 11.7. The molecule has 0 amide bonds. The first kappa shape index (κ1) is 15.0. The summed E-state index contributed by atoms with van der Waals surface area (Å²) in [5.41, 5.74) is 4.24. The van der Waals surface area contributed by atoms with Crippen molar-refractivity contribution in [1.29, 1.82) is 0 Å². The number of aromatic amines is 1. The van der Waals surface area contributed by atoms with Crippen molar-refractivity contribution in [2.24, 2.45) is 0 Å². The molecule has 4 rings (SSSR count). The topological polar surface area (TPSA) is 48.1 Å². The Hall–Kier alpha value is -2.59. The molecule has 3 aromatic rings. The smallest absolute Gasteiger partial charge is 0.256 e. The highest BCUT2D eigenvalue weighted by molar-refractivity contribution is 5.87. The van der Waals surface area contributed by atoms with Crippen LogP contribution in [0.4, 0.5) is 5.69 Å². The van der Waals surface area contributed by atoms with Gasteiger partial charge in [-0.05, 0) is 47.7 Å². The molecule has 0 radical (unpaired) electrons. The quantitative estimate of drug-likeness (QED) is 0.763. The van der Waals surface area contributed by atoms with Gasteiger partial charge in [-0.2, -0.15) is 0 Å². The van der Waals surface area contributed by atoms with Gasteiger partial charge >= 0.3 is 0 Å². The summed E-state index contributed by atoms with van der Waals surface area (Å²) in [6, 6.07) is 16.4. The summed E-state index contributed by atoms with van der Waals surface area (Å²) in [4.78, 5) is 17.8. The van der Waals surface area contributed by atoms with E-state index in [1.54, 1.807) is 0 Å². The van der Waals surface area contributed by atoms with Crippen LogP contribution in [0.1, 0.15) is 5.56 Å². The Morgan fingerprint density at radius 1 is 0.958 bits per heavy atom. The van der Waals surface area contributed by atoms with E-state index in [1.165, 1.54) is 5.69 Å². The van der Waals surface area contributed by atoms with Crippen molar-refractivity contribution in [3.63, 3.8) is 0 Å². The minimum atomic E-state index is -0.0302. The third-order valence-corrected chi connectivity index (χ3v) is 4.77. The molecule has 4 heteroatoms. The average molecular weight is 319 g/mol. The van der Waals surface area contributed by atoms with Gasteiger partial charge < -0.3 is 15.2 Å². The number of benzene rings is 2. The normalized spacial score (nSPS) is 15.0. The first-order valence-corrected chi connectivity index (χ1v) is 8.41. The monoisotopic (exact) mass is 319 g/mol. The largest absolute Gasteiger partial charge is 0.369 e. The van der Waals surface area contributed by atoms with Crippen molar-refractivity contribution in [2.45, 2.75) is 6.92 Å². The zero-order valence-electron chi connectivity index (χ0n) is 13.8. The summed E-state index contributed by atoms with van der Waals surface area (Å²) in [6.45, 7) is 6.16. The minimum absolute atomic E-state index is 0.0302. The number of nitrogens with one attached hydrogen (secondary N) is 2. The molecule has 122 valence electrons. The van der Waals surface area contributed by atoms with Gasteiger partial charge in [-0.1, -0.05) is 24.3 Å². The predicted octanol–water partition coefficient (Wildman–Crippen LogP) is 2.91. The number of aromatic nitrogens is 1. The zero-order valence-corrected chi connectivity index (χ0v) is 13.8. The molecule has 0 atom stereocenters. The lowest BCUT2D eigenvalue weighted by atomic mass is 10.0. The predicted molar refractivity (Wildman–Crippen MR) is 99.8 cm³/mol. The molecule has 4 nitrogen and oxygen atoms in total. The van der Waals surface area contributed by atoms with Crippen LogP contribution < -0.4 is 15.8 Å². The molecule has 1 fully saturated rings. The number of rotatable bonds is 2. The molecule has 2 N–H and O–H groups in total. The Kier molecular flexibility index (Phi) is 3.82. The van der Waals surface area contributed by atoms with Crippen molar-refractivity contribution in [2.75, 3.05) is 31.1 Å². The maximum Gasteiger partial charge on any atom is 0.256 e. The number of anilines is 1. The maximum atomic E-state index is 12.4. The van der Waals surface area contributed by atoms with Gasteiger partial charge in [0.05, 0.1) is 0 Å². The second-order valence-corrected chi connectivity index (χ2v) is 6.33. The van der Waals surface area contributed by atoms with Gasteiger partial charge in [-0.25, -0.2) is 0 Å². The van der Waals surface area contributed by atoms with Gasteiger partial charge in [0.15, 0.2) is 0 Å². The number of aryl methyl sites for hydroxylation is 1. The van der Waals surface area contributed by atoms with Gasteiger partial charge in [-0.15, -0.1) is 0 Å². The van der Waals surface area contributed by atoms with Crippen molar-refractivity contribution in [3.8, 4) is 11.3 Å². The van der Waals surface area contributed by atoms with E-state index in [2.05, 4.69) is 45.5 Å². The molecule has 1 aliphatic heterocycles. The molecule has 2 heterocycles. The van der Waals surface area contributed by atoms with E-state index in [9.17, 15) is 4.79 Å². The van der Waals surface area contributed by atoms with Crippen molar-refractivity contribution < 1.29 is 0 Å². The number of pyridine rings is 1. The van der Waals surface area contributed by atoms with Gasteiger partial charge in [0, 0.05) is 42.9 Å². The Bertz CT molecular complexity index is 922. The fraction of sp³-hybridized carbons (Fsp3) is 0.250. The highest BCUT2D eigenvalue weighted by Gasteiger charge is 2.11. The van der Waals surface area contributed by atoms with E-state index in [-0.39, 0.29) is 5.56 Å². The van der Waals surface area contributed by atoms with Crippen molar-refractivity contribution in [3.05, 3.63) is 64.4 Å². The lowest BCUT2D eigenvalue weighted by Gasteiger charge is -2.29. The lowest BCUT2D eigenvalue weighted by Crippen LogP contribution is -2.43. The summed E-state index contributed by atoms with van der Waals surface area (Å²) < 4.78 is 0. The molecule has 0 spiro atoms. The fourth-order valence-corrected chi connectivity index (χ4v) is 3.37. The molecule has 0 aliphatic carbocycles. The summed E-state index contributed by atoms with van der Waals surface area (Å²) in [5.74, 6) is 0. The van der Waals surface area contributed by atoms with Crippen LogP contribution in [0.15, 0.2) is 53.3 Å². The van der Waals surface area contributed by atoms with Crippen LogP contribution in [0.2, 0.25) is 0 Å². The zero-order chi connectivity index (χ0) is 16.5. The number of fused-ring (bicyclic) bond motifs is 1. The fourth-order valence-electron chi connectivity index (χ4n) is 3.37. The van der Waals surface area contributed by atoms with E-state index < -0.39 is 0 Å². The molecule has 0 saturated carbocycles. The van der Waals surface area contributed by atoms with Gasteiger partial charge in [-0.3, -0.25) is 4.79 Å². The van der Waals surface area contributed by atoms with Crippen LogP contribution >= 0.6 is 0 Å². The van der Waals surface area contributed by atoms with E-state index >= 15 is 0 Å². The second-order valence-electron chi connectivity index (χ2n) is 6.33. The lowest BCUT2D eigenvalue weighted by molar-refractivity contribution is 0.589. The molecular weight excluding hydrogens is 298 g/mol. The summed E-state index contributed by atoms with van der Waals surface area (Å²) in [5, 5.41) is 5.13. The Balaban J connectivity index is 1.72. The van der Waals surface area contributed by atoms with E-state index in [4.69, 9.17) is 0 Å². The second kappa shape index (κ2) is 6.13. The third kappa shape index (κ3) is 2.69. The highest BCUT2D eigenvalue weighted by atomic mass is 16.1. The highest BCUT2D eigenvalue weighted by Crippen LogP contribution is 2.24. The van der Waals surface area contributed by atoms with Crippen LogP contribution in [0.25, 0.3) is 22.0 Å². The Morgan fingerprint density at radius 2 is 1.71 bits per heavy atom. The third-order valence-electron chi connectivity index (χ3n) is 4.77. The summed E-state index contributed by atoms with van der Waals surface area (Å²) in [7, 11) is 0. The standard InChI is InChI=1S/C20H21N3O/c1-14-3-2-4-17-18(14)13-19(22-20(17)24)15-5-7-16(8-6-15)23-11-9-21-10-12-23/h2-8,13,21H,9-12H2,1H3,(H,22,24). The van der Waals surface area contributed by atoms with E-state index in [0.717, 1.165) is 53.8 Å². The number of piperazine rings is 1. The van der Waals surface area contributed by atoms with Crippen LogP contribution in [-0.4, -0.2) is 31.2 Å². The molecule has 0 bridgehead atoms. The number of hydrogen-bond acceptors (Lipinski definition) is 3. The summed E-state index contributed by atoms with van der Waals surface area (Å²) >= 11 is 0. The van der Waals surface area contributed by atoms with Gasteiger partial charge in [0.1, 0.15) is 0 Å². The number of nitrogens with zero attached hydrogens (tertiary/aromatic N) is 1. The molecule has 1 aliphatic rings. The average Bonchev–Trinajstić information content (AvgIpc) is 2.63. The van der Waals surface area contributed by atoms with Crippen LogP contribution in [0.5, 0.6) is 0 Å².